The first kappa shape index (κ1) is 17.6. The fourth-order valence-corrected chi connectivity index (χ4v) is 2.34. The molecule has 1 unspecified atom stereocenters. The zero-order valence-corrected chi connectivity index (χ0v) is 14.9. The quantitative estimate of drug-likeness (QED) is 0.787. The second kappa shape index (κ2) is 7.53. The van der Waals surface area contributed by atoms with Crippen LogP contribution in [0.3, 0.4) is 0 Å². The fourth-order valence-electron chi connectivity index (χ4n) is 2.34. The first-order valence-corrected chi connectivity index (χ1v) is 6.29. The molecule has 1 spiro atoms. The van der Waals surface area contributed by atoms with Crippen LogP contribution < -0.4 is 4.74 Å². The summed E-state index contributed by atoms with van der Waals surface area (Å²) in [5.74, 6) is 0.751. The second-order valence-electron chi connectivity index (χ2n) is 4.67. The van der Waals surface area contributed by atoms with Crippen molar-refractivity contribution >= 4 is 5.71 Å². The number of nitrogens with zero attached hydrogens (tertiary/aromatic N) is 1. The van der Waals surface area contributed by atoms with E-state index in [1.165, 1.54) is 0 Å². The van der Waals surface area contributed by atoms with Gasteiger partial charge in [0.1, 0.15) is 0 Å². The minimum absolute atomic E-state index is 0. The molecule has 1 fully saturated rings. The summed E-state index contributed by atoms with van der Waals surface area (Å²) in [6.45, 7) is 4.00. The van der Waals surface area contributed by atoms with Crippen LogP contribution in [0.4, 0.5) is 0 Å². The van der Waals surface area contributed by atoms with Crippen molar-refractivity contribution in [1.29, 1.82) is 0 Å². The average Bonchev–Trinajstić information content (AvgIpc) is 3.01. The summed E-state index contributed by atoms with van der Waals surface area (Å²) >= 11 is 0. The van der Waals surface area contributed by atoms with E-state index in [1.54, 1.807) is 0 Å². The van der Waals surface area contributed by atoms with Crippen molar-refractivity contribution in [3.63, 3.8) is 0 Å². The molecule has 3 rings (SSSR count). The molecule has 0 aliphatic carbocycles. The molecule has 0 bridgehead atoms. The van der Waals surface area contributed by atoms with Crippen molar-refractivity contribution in [2.45, 2.75) is 25.4 Å². The van der Waals surface area contributed by atoms with Gasteiger partial charge in [-0.05, 0) is 6.92 Å². The third-order valence-corrected chi connectivity index (χ3v) is 3.31. The van der Waals surface area contributed by atoms with Gasteiger partial charge < -0.3 is 21.7 Å². The van der Waals surface area contributed by atoms with Gasteiger partial charge in [0.05, 0.1) is 25.5 Å². The number of ether oxygens (including phenoxy) is 2. The minimum Gasteiger partial charge on any atom is -0.520 e. The number of oxime groups is 1. The van der Waals surface area contributed by atoms with Crippen molar-refractivity contribution in [3.8, 4) is 5.75 Å². The van der Waals surface area contributed by atoms with Crippen LogP contribution in [0.2, 0.25) is 0 Å². The molecule has 4 nitrogen and oxygen atoms in total. The Kier molecular flexibility index (Phi) is 6.63. The molecule has 1 aromatic carbocycles. The third kappa shape index (κ3) is 3.60. The second-order valence-corrected chi connectivity index (χ2v) is 4.67. The van der Waals surface area contributed by atoms with Gasteiger partial charge in [-0.2, -0.15) is 12.1 Å². The summed E-state index contributed by atoms with van der Waals surface area (Å²) in [5, 5.41) is 4.21. The van der Waals surface area contributed by atoms with Crippen LogP contribution in [0.25, 0.3) is 0 Å². The van der Waals surface area contributed by atoms with Gasteiger partial charge in [-0.15, -0.1) is 17.7 Å². The van der Waals surface area contributed by atoms with E-state index in [0.29, 0.717) is 13.2 Å². The Morgan fingerprint density at radius 3 is 3.05 bits per heavy atom. The molecule has 2 aliphatic rings. The molecule has 0 aromatic heterocycles. The van der Waals surface area contributed by atoms with Gasteiger partial charge in [0, 0.05) is 51.3 Å². The number of hydrogen-bond donors (Lipinski definition) is 0. The molecule has 0 saturated carbocycles. The SMILES string of the molecule is CCOc1[c-]ccc(C2=NOC3(CCOC3)C2)c1.[CH3-].[Y]. The van der Waals surface area contributed by atoms with Crippen molar-refractivity contribution in [3.05, 3.63) is 37.3 Å². The number of benzene rings is 1. The maximum atomic E-state index is 5.58. The molecule has 20 heavy (non-hydrogen) atoms. The van der Waals surface area contributed by atoms with Crippen molar-refractivity contribution in [1.82, 2.24) is 0 Å². The predicted octanol–water partition coefficient (Wildman–Crippen LogP) is 2.62. The van der Waals surface area contributed by atoms with E-state index in [1.807, 2.05) is 25.1 Å². The Balaban J connectivity index is 0.000001000. The van der Waals surface area contributed by atoms with Crippen LogP contribution in [-0.4, -0.2) is 31.1 Å². The Bertz CT molecular complexity index is 470. The Morgan fingerprint density at radius 2 is 2.35 bits per heavy atom. The average molecular weight is 350 g/mol. The summed E-state index contributed by atoms with van der Waals surface area (Å²) in [6, 6.07) is 8.86. The van der Waals surface area contributed by atoms with E-state index < -0.39 is 0 Å². The summed E-state index contributed by atoms with van der Waals surface area (Å²) < 4.78 is 10.8. The summed E-state index contributed by atoms with van der Waals surface area (Å²) in [4.78, 5) is 5.58. The van der Waals surface area contributed by atoms with Crippen LogP contribution in [0.1, 0.15) is 25.3 Å². The third-order valence-electron chi connectivity index (χ3n) is 3.31. The van der Waals surface area contributed by atoms with E-state index in [4.69, 9.17) is 14.3 Å². The van der Waals surface area contributed by atoms with Crippen molar-refractivity contribution in [2.75, 3.05) is 19.8 Å². The normalized spacial score (nSPS) is 23.6. The predicted molar refractivity (Wildman–Crippen MR) is 73.3 cm³/mol. The Morgan fingerprint density at radius 1 is 1.50 bits per heavy atom. The maximum absolute atomic E-state index is 5.58. The maximum Gasteiger partial charge on any atom is 0.168 e. The molecular weight excluding hydrogens is 331 g/mol. The molecule has 2 aliphatic heterocycles. The van der Waals surface area contributed by atoms with Gasteiger partial charge in [-0.3, -0.25) is 0 Å². The molecule has 1 aromatic rings. The molecule has 1 atom stereocenters. The topological polar surface area (TPSA) is 40.0 Å². The van der Waals surface area contributed by atoms with Crippen LogP contribution in [0.15, 0.2) is 23.4 Å². The standard InChI is InChI=1S/C14H16NO3.CH3.Y/c1-2-17-12-5-3-4-11(8-12)13-9-14(18-15-13)6-7-16-10-14;;/h3-4,8H,2,6-7,9-10H2,1H3;1H3;/q2*-1;. The van der Waals surface area contributed by atoms with Crippen molar-refractivity contribution in [2.24, 2.45) is 5.16 Å². The Hall–Kier alpha value is -0.446. The van der Waals surface area contributed by atoms with E-state index >= 15 is 0 Å². The van der Waals surface area contributed by atoms with Crippen LogP contribution in [0.5, 0.6) is 5.75 Å². The molecular formula is C15H19NO3Y-2. The van der Waals surface area contributed by atoms with Crippen LogP contribution in [-0.2, 0) is 42.3 Å². The van der Waals surface area contributed by atoms with E-state index in [2.05, 4.69) is 11.2 Å². The zero-order valence-electron chi connectivity index (χ0n) is 12.0. The molecule has 1 radical (unpaired) electrons. The number of hydrogen-bond acceptors (Lipinski definition) is 4. The molecule has 0 N–H and O–H groups in total. The fraction of sp³-hybridized carbons (Fsp3) is 0.467. The number of rotatable bonds is 3. The van der Waals surface area contributed by atoms with Gasteiger partial charge in [0.25, 0.3) is 0 Å². The van der Waals surface area contributed by atoms with Gasteiger partial charge in [0.15, 0.2) is 5.60 Å². The zero-order chi connectivity index (χ0) is 12.4. The molecule has 5 heteroatoms. The van der Waals surface area contributed by atoms with Gasteiger partial charge in [-0.1, -0.05) is 5.16 Å². The molecule has 2 heterocycles. The van der Waals surface area contributed by atoms with E-state index in [9.17, 15) is 0 Å². The summed E-state index contributed by atoms with van der Waals surface area (Å²) in [5.41, 5.74) is 1.79. The van der Waals surface area contributed by atoms with Gasteiger partial charge in [0.2, 0.25) is 0 Å². The Labute approximate surface area is 145 Å². The van der Waals surface area contributed by atoms with E-state index in [-0.39, 0.29) is 45.7 Å². The van der Waals surface area contributed by atoms with Crippen LogP contribution >= 0.6 is 0 Å². The molecule has 107 valence electrons. The minimum atomic E-state index is -0.222. The molecule has 0 amide bonds. The summed E-state index contributed by atoms with van der Waals surface area (Å²) in [6.07, 6.45) is 1.72. The van der Waals surface area contributed by atoms with Crippen LogP contribution in [0, 0.1) is 13.5 Å². The smallest absolute Gasteiger partial charge is 0.168 e. The van der Waals surface area contributed by atoms with Crippen molar-refractivity contribution < 1.29 is 47.0 Å². The van der Waals surface area contributed by atoms with Gasteiger partial charge >= 0.3 is 0 Å². The summed E-state index contributed by atoms with van der Waals surface area (Å²) in [7, 11) is 0. The largest absolute Gasteiger partial charge is 0.520 e. The first-order chi connectivity index (χ1) is 8.81. The molecule has 1 saturated heterocycles. The monoisotopic (exact) mass is 350 g/mol. The first-order valence-electron chi connectivity index (χ1n) is 6.29. The van der Waals surface area contributed by atoms with Gasteiger partial charge in [-0.25, -0.2) is 0 Å². The van der Waals surface area contributed by atoms with E-state index in [0.717, 1.165) is 36.5 Å².